The van der Waals surface area contributed by atoms with Crippen LogP contribution in [-0.2, 0) is 19.9 Å². The molecule has 7 heteroatoms. The molecule has 0 spiro atoms. The van der Waals surface area contributed by atoms with E-state index in [1.54, 1.807) is 39.8 Å². The molecule has 0 N–H and O–H groups in total. The number of nitro benzene ring substituents is 1. The molecule has 22 heavy (non-hydrogen) atoms. The fourth-order valence-electron chi connectivity index (χ4n) is 2.19. The molecule has 1 aliphatic rings. The Morgan fingerprint density at radius 2 is 1.95 bits per heavy atom. The highest BCUT2D eigenvalue weighted by atomic mass is 16.6. The summed E-state index contributed by atoms with van der Waals surface area (Å²) in [6.45, 7) is 7.02. The summed E-state index contributed by atoms with van der Waals surface area (Å²) in [7, 11) is 0. The fourth-order valence-corrected chi connectivity index (χ4v) is 2.19. The SMILES string of the molecule is CC(C)(C)OC(=O)[C@@H]1N=CO[C@@]1(C)c1ccc([N+](=O)[O-])cc1. The summed E-state index contributed by atoms with van der Waals surface area (Å²) in [5.41, 5.74) is -1.09. The number of carbonyl (C=O) groups excluding carboxylic acids is 1. The van der Waals surface area contributed by atoms with Crippen LogP contribution >= 0.6 is 0 Å². The van der Waals surface area contributed by atoms with Crippen molar-refractivity contribution in [3.05, 3.63) is 39.9 Å². The molecule has 118 valence electrons. The van der Waals surface area contributed by atoms with Gasteiger partial charge in [-0.3, -0.25) is 10.1 Å². The summed E-state index contributed by atoms with van der Waals surface area (Å²) < 4.78 is 10.9. The van der Waals surface area contributed by atoms with E-state index < -0.39 is 28.1 Å². The molecule has 1 aromatic rings. The molecular weight excluding hydrogens is 288 g/mol. The van der Waals surface area contributed by atoms with Crippen LogP contribution in [0.15, 0.2) is 29.3 Å². The Labute approximate surface area is 128 Å². The zero-order valence-electron chi connectivity index (χ0n) is 12.9. The number of carbonyl (C=O) groups is 1. The molecule has 0 fully saturated rings. The highest BCUT2D eigenvalue weighted by Crippen LogP contribution is 2.36. The molecule has 0 saturated carbocycles. The predicted octanol–water partition coefficient (Wildman–Crippen LogP) is 2.58. The zero-order chi connectivity index (χ0) is 16.5. The number of nitro groups is 1. The third-order valence-electron chi connectivity index (χ3n) is 3.31. The maximum absolute atomic E-state index is 12.3. The first kappa shape index (κ1) is 15.9. The molecule has 0 unspecified atom stereocenters. The molecule has 2 atom stereocenters. The Hall–Kier alpha value is -2.44. The van der Waals surface area contributed by atoms with Gasteiger partial charge in [-0.15, -0.1) is 0 Å². The Balaban J connectivity index is 2.28. The lowest BCUT2D eigenvalue weighted by atomic mass is 9.88. The normalized spacial score (nSPS) is 23.9. The molecule has 0 amide bonds. The van der Waals surface area contributed by atoms with Gasteiger partial charge in [-0.25, -0.2) is 9.79 Å². The van der Waals surface area contributed by atoms with E-state index in [4.69, 9.17) is 9.47 Å². The minimum Gasteiger partial charge on any atom is -0.470 e. The number of rotatable bonds is 3. The van der Waals surface area contributed by atoms with Crippen molar-refractivity contribution >= 4 is 18.1 Å². The molecular formula is C15H18N2O5. The molecule has 1 aromatic carbocycles. The van der Waals surface area contributed by atoms with Crippen LogP contribution in [0.3, 0.4) is 0 Å². The van der Waals surface area contributed by atoms with Crippen LogP contribution in [0, 0.1) is 10.1 Å². The Morgan fingerprint density at radius 1 is 1.36 bits per heavy atom. The largest absolute Gasteiger partial charge is 0.470 e. The van der Waals surface area contributed by atoms with Gasteiger partial charge in [-0.05, 0) is 45.4 Å². The van der Waals surface area contributed by atoms with Gasteiger partial charge >= 0.3 is 5.97 Å². The highest BCUT2D eigenvalue weighted by molar-refractivity contribution is 5.81. The van der Waals surface area contributed by atoms with Gasteiger partial charge in [-0.2, -0.15) is 0 Å². The highest BCUT2D eigenvalue weighted by Gasteiger charge is 2.47. The number of esters is 1. The second kappa shape index (κ2) is 5.40. The van der Waals surface area contributed by atoms with E-state index in [9.17, 15) is 14.9 Å². The van der Waals surface area contributed by atoms with E-state index >= 15 is 0 Å². The van der Waals surface area contributed by atoms with E-state index in [-0.39, 0.29) is 5.69 Å². The van der Waals surface area contributed by atoms with Gasteiger partial charge in [0.15, 0.2) is 18.0 Å². The van der Waals surface area contributed by atoms with Gasteiger partial charge in [0.05, 0.1) is 4.92 Å². The van der Waals surface area contributed by atoms with E-state index in [1.165, 1.54) is 18.5 Å². The third kappa shape index (κ3) is 3.08. The summed E-state index contributed by atoms with van der Waals surface area (Å²) in [4.78, 5) is 26.6. The summed E-state index contributed by atoms with van der Waals surface area (Å²) in [6.07, 6.45) is 1.22. The number of benzene rings is 1. The number of nitrogens with zero attached hydrogens (tertiary/aromatic N) is 2. The maximum atomic E-state index is 12.3. The number of hydrogen-bond donors (Lipinski definition) is 0. The van der Waals surface area contributed by atoms with Crippen molar-refractivity contribution in [2.75, 3.05) is 0 Å². The summed E-state index contributed by atoms with van der Waals surface area (Å²) in [5, 5.41) is 10.7. The molecule has 0 aliphatic carbocycles. The third-order valence-corrected chi connectivity index (χ3v) is 3.31. The lowest BCUT2D eigenvalue weighted by Gasteiger charge is -2.30. The first-order valence-corrected chi connectivity index (χ1v) is 6.81. The fraction of sp³-hybridized carbons (Fsp3) is 0.467. The van der Waals surface area contributed by atoms with Gasteiger partial charge < -0.3 is 9.47 Å². The van der Waals surface area contributed by atoms with Gasteiger partial charge in [0.2, 0.25) is 0 Å². The molecule has 0 bridgehead atoms. The monoisotopic (exact) mass is 306 g/mol. The first-order chi connectivity index (χ1) is 10.1. The molecule has 1 heterocycles. The minimum atomic E-state index is -1.04. The average Bonchev–Trinajstić information content (AvgIpc) is 2.80. The Morgan fingerprint density at radius 3 is 2.45 bits per heavy atom. The molecule has 0 saturated heterocycles. The number of aliphatic imine (C=N–C) groups is 1. The molecule has 0 radical (unpaired) electrons. The number of ether oxygens (including phenoxy) is 2. The Bertz CT molecular complexity index is 618. The number of hydrogen-bond acceptors (Lipinski definition) is 6. The second-order valence-electron chi connectivity index (χ2n) is 6.22. The standard InChI is InChI=1S/C15H18N2O5/c1-14(2,3)22-13(18)12-15(4,21-9-16-12)10-5-7-11(8-6-10)17(19)20/h5-9,12H,1-4H3/t12-,15-/m0/s1. The van der Waals surface area contributed by atoms with Gasteiger partial charge in [0.1, 0.15) is 5.60 Å². The summed E-state index contributed by atoms with van der Waals surface area (Å²) in [6, 6.07) is 5.00. The van der Waals surface area contributed by atoms with Crippen LogP contribution in [0.4, 0.5) is 5.69 Å². The van der Waals surface area contributed by atoms with Crippen molar-refractivity contribution in [1.82, 2.24) is 0 Å². The molecule has 1 aliphatic heterocycles. The van der Waals surface area contributed by atoms with E-state index in [0.29, 0.717) is 5.56 Å². The second-order valence-corrected chi connectivity index (χ2v) is 6.22. The smallest absolute Gasteiger partial charge is 0.336 e. The average molecular weight is 306 g/mol. The van der Waals surface area contributed by atoms with Crippen molar-refractivity contribution in [2.45, 2.75) is 44.9 Å². The van der Waals surface area contributed by atoms with Crippen molar-refractivity contribution in [3.63, 3.8) is 0 Å². The molecule has 0 aromatic heterocycles. The lowest BCUT2D eigenvalue weighted by molar-refractivity contribution is -0.384. The van der Waals surface area contributed by atoms with Gasteiger partial charge in [-0.1, -0.05) is 0 Å². The van der Waals surface area contributed by atoms with E-state index in [2.05, 4.69) is 4.99 Å². The lowest BCUT2D eigenvalue weighted by Crippen LogP contribution is -2.42. The topological polar surface area (TPSA) is 91.0 Å². The van der Waals surface area contributed by atoms with Gasteiger partial charge in [0.25, 0.3) is 5.69 Å². The van der Waals surface area contributed by atoms with Crippen LogP contribution in [0.25, 0.3) is 0 Å². The molecule has 7 nitrogen and oxygen atoms in total. The minimum absolute atomic E-state index is 0.0277. The zero-order valence-corrected chi connectivity index (χ0v) is 12.9. The van der Waals surface area contributed by atoms with E-state index in [0.717, 1.165) is 0 Å². The van der Waals surface area contributed by atoms with Crippen molar-refractivity contribution in [1.29, 1.82) is 0 Å². The summed E-state index contributed by atoms with van der Waals surface area (Å²) >= 11 is 0. The van der Waals surface area contributed by atoms with Crippen molar-refractivity contribution in [2.24, 2.45) is 4.99 Å². The quantitative estimate of drug-likeness (QED) is 0.486. The van der Waals surface area contributed by atoms with Crippen LogP contribution in [0.5, 0.6) is 0 Å². The van der Waals surface area contributed by atoms with Crippen LogP contribution in [0.1, 0.15) is 33.3 Å². The van der Waals surface area contributed by atoms with Crippen LogP contribution in [-0.4, -0.2) is 28.9 Å². The summed E-state index contributed by atoms with van der Waals surface area (Å²) in [5.74, 6) is -0.498. The van der Waals surface area contributed by atoms with Crippen LogP contribution in [0.2, 0.25) is 0 Å². The molecule has 2 rings (SSSR count). The first-order valence-electron chi connectivity index (χ1n) is 6.81. The van der Waals surface area contributed by atoms with Crippen molar-refractivity contribution in [3.8, 4) is 0 Å². The predicted molar refractivity (Wildman–Crippen MR) is 79.7 cm³/mol. The van der Waals surface area contributed by atoms with Crippen LogP contribution < -0.4 is 0 Å². The van der Waals surface area contributed by atoms with Gasteiger partial charge in [0, 0.05) is 12.1 Å². The van der Waals surface area contributed by atoms with Crippen molar-refractivity contribution < 1.29 is 19.2 Å². The maximum Gasteiger partial charge on any atom is 0.336 e. The Kier molecular flexibility index (Phi) is 3.91. The number of non-ortho nitro benzene ring substituents is 1. The van der Waals surface area contributed by atoms with E-state index in [1.807, 2.05) is 0 Å².